The molecule has 0 spiro atoms. The summed E-state index contributed by atoms with van der Waals surface area (Å²) in [6.07, 6.45) is 9.65. The fourth-order valence-electron chi connectivity index (χ4n) is 3.02. The number of aliphatic hydroxyl groups is 1. The first-order valence-electron chi connectivity index (χ1n) is 7.70. The van der Waals surface area contributed by atoms with Crippen LogP contribution in [0.4, 0.5) is 0 Å². The zero-order valence-corrected chi connectivity index (χ0v) is 12.5. The van der Waals surface area contributed by atoms with E-state index in [1.165, 1.54) is 5.56 Å². The van der Waals surface area contributed by atoms with Crippen LogP contribution in [0.3, 0.4) is 0 Å². The predicted octanol–water partition coefficient (Wildman–Crippen LogP) is 2.83. The lowest BCUT2D eigenvalue weighted by molar-refractivity contribution is 0.0453. The molecule has 3 rings (SSSR count). The lowest BCUT2D eigenvalue weighted by Crippen LogP contribution is -2.39. The van der Waals surface area contributed by atoms with Crippen molar-refractivity contribution in [2.45, 2.75) is 44.2 Å². The molecular weight excluding hydrogens is 262 g/mol. The van der Waals surface area contributed by atoms with Gasteiger partial charge in [-0.2, -0.15) is 0 Å². The zero-order chi connectivity index (χ0) is 14.7. The van der Waals surface area contributed by atoms with Crippen molar-refractivity contribution in [3.8, 4) is 5.69 Å². The van der Waals surface area contributed by atoms with Crippen LogP contribution in [0, 0.1) is 0 Å². The first-order valence-corrected chi connectivity index (χ1v) is 7.70. The van der Waals surface area contributed by atoms with Crippen molar-refractivity contribution in [2.75, 3.05) is 6.54 Å². The largest absolute Gasteiger partial charge is 0.389 e. The summed E-state index contributed by atoms with van der Waals surface area (Å²) in [6, 6.07) is 8.70. The minimum atomic E-state index is -0.495. The predicted molar refractivity (Wildman–Crippen MR) is 83.4 cm³/mol. The van der Waals surface area contributed by atoms with E-state index >= 15 is 0 Å². The fraction of sp³-hybridized carbons (Fsp3) is 0.471. The van der Waals surface area contributed by atoms with Crippen molar-refractivity contribution in [1.82, 2.24) is 14.9 Å². The molecule has 112 valence electrons. The van der Waals surface area contributed by atoms with E-state index in [0.717, 1.165) is 31.4 Å². The normalized spacial score (nSPS) is 18.8. The number of rotatable bonds is 5. The topological polar surface area (TPSA) is 50.1 Å². The molecule has 1 atom stereocenters. The Bertz CT molecular complexity index is 556. The van der Waals surface area contributed by atoms with E-state index in [9.17, 15) is 5.11 Å². The second-order valence-corrected chi connectivity index (χ2v) is 6.10. The van der Waals surface area contributed by atoms with Gasteiger partial charge in [-0.15, -0.1) is 0 Å². The van der Waals surface area contributed by atoms with Gasteiger partial charge in [0.25, 0.3) is 0 Å². The smallest absolute Gasteiger partial charge is 0.0991 e. The minimum absolute atomic E-state index is 0.242. The molecule has 1 aromatic heterocycles. The van der Waals surface area contributed by atoms with Gasteiger partial charge in [-0.05, 0) is 37.5 Å². The Labute approximate surface area is 125 Å². The van der Waals surface area contributed by atoms with Crippen molar-refractivity contribution < 1.29 is 5.11 Å². The van der Waals surface area contributed by atoms with Gasteiger partial charge < -0.3 is 15.0 Å². The number of benzene rings is 1. The summed E-state index contributed by atoms with van der Waals surface area (Å²) in [7, 11) is 0. The highest BCUT2D eigenvalue weighted by Gasteiger charge is 2.30. The van der Waals surface area contributed by atoms with Crippen molar-refractivity contribution in [3.05, 3.63) is 48.5 Å². The Balaban J connectivity index is 1.61. The van der Waals surface area contributed by atoms with Gasteiger partial charge in [0.05, 0.1) is 11.9 Å². The van der Waals surface area contributed by atoms with E-state index in [0.29, 0.717) is 6.54 Å². The molecular formula is C17H23N3O. The summed E-state index contributed by atoms with van der Waals surface area (Å²) >= 11 is 0. The van der Waals surface area contributed by atoms with Gasteiger partial charge in [0, 0.05) is 30.7 Å². The first-order chi connectivity index (χ1) is 10.2. The molecule has 4 nitrogen and oxygen atoms in total. The molecule has 1 aliphatic carbocycles. The molecule has 21 heavy (non-hydrogen) atoms. The number of nitrogens with zero attached hydrogens (tertiary/aromatic N) is 2. The molecule has 2 N–H and O–H groups in total. The van der Waals surface area contributed by atoms with E-state index in [4.69, 9.17) is 0 Å². The maximum absolute atomic E-state index is 10.4. The SMILES string of the molecule is CC(NCC1(O)CCCC1)c1ccc(-n2ccnc2)cc1. The van der Waals surface area contributed by atoms with Crippen LogP contribution in [0.15, 0.2) is 43.0 Å². The average Bonchev–Trinajstić information content (AvgIpc) is 3.17. The molecule has 1 unspecified atom stereocenters. The van der Waals surface area contributed by atoms with Crippen molar-refractivity contribution in [1.29, 1.82) is 0 Å². The number of hydrogen-bond acceptors (Lipinski definition) is 3. The van der Waals surface area contributed by atoms with Crippen LogP contribution >= 0.6 is 0 Å². The summed E-state index contributed by atoms with van der Waals surface area (Å²) in [5.74, 6) is 0. The quantitative estimate of drug-likeness (QED) is 0.888. The maximum Gasteiger partial charge on any atom is 0.0991 e. The van der Waals surface area contributed by atoms with Gasteiger partial charge in [-0.3, -0.25) is 0 Å². The Morgan fingerprint density at radius 1 is 1.29 bits per heavy atom. The summed E-state index contributed by atoms with van der Waals surface area (Å²) in [5, 5.41) is 13.8. The Hall–Kier alpha value is -1.65. The highest BCUT2D eigenvalue weighted by Crippen LogP contribution is 2.29. The van der Waals surface area contributed by atoms with Crippen LogP contribution in [0.25, 0.3) is 5.69 Å². The molecule has 0 radical (unpaired) electrons. The van der Waals surface area contributed by atoms with Crippen LogP contribution in [-0.2, 0) is 0 Å². The van der Waals surface area contributed by atoms with Crippen molar-refractivity contribution in [2.24, 2.45) is 0 Å². The molecule has 4 heteroatoms. The monoisotopic (exact) mass is 285 g/mol. The summed E-state index contributed by atoms with van der Waals surface area (Å²) < 4.78 is 1.99. The molecule has 1 aromatic carbocycles. The summed E-state index contributed by atoms with van der Waals surface area (Å²) in [6.45, 7) is 2.82. The molecule has 0 saturated heterocycles. The standard InChI is InChI=1S/C17H23N3O/c1-14(19-12-17(21)8-2-3-9-17)15-4-6-16(7-5-15)20-11-10-18-13-20/h4-7,10-11,13-14,19,21H,2-3,8-9,12H2,1H3. The Morgan fingerprint density at radius 3 is 2.62 bits per heavy atom. The third-order valence-electron chi connectivity index (χ3n) is 4.47. The van der Waals surface area contributed by atoms with E-state index in [1.807, 2.05) is 10.8 Å². The molecule has 0 amide bonds. The fourth-order valence-corrected chi connectivity index (χ4v) is 3.02. The van der Waals surface area contributed by atoms with Crippen LogP contribution in [0.5, 0.6) is 0 Å². The average molecular weight is 285 g/mol. The van der Waals surface area contributed by atoms with Crippen LogP contribution < -0.4 is 5.32 Å². The molecule has 1 saturated carbocycles. The van der Waals surface area contributed by atoms with E-state index < -0.39 is 5.60 Å². The van der Waals surface area contributed by atoms with Crippen LogP contribution in [-0.4, -0.2) is 26.8 Å². The van der Waals surface area contributed by atoms with Gasteiger partial charge in [0.15, 0.2) is 0 Å². The second kappa shape index (κ2) is 6.00. The zero-order valence-electron chi connectivity index (χ0n) is 12.5. The number of aromatic nitrogens is 2. The lowest BCUT2D eigenvalue weighted by atomic mass is 10.0. The molecule has 1 fully saturated rings. The minimum Gasteiger partial charge on any atom is -0.389 e. The second-order valence-electron chi connectivity index (χ2n) is 6.10. The van der Waals surface area contributed by atoms with E-state index in [2.05, 4.69) is 41.5 Å². The van der Waals surface area contributed by atoms with Gasteiger partial charge in [0.2, 0.25) is 0 Å². The number of nitrogens with one attached hydrogen (secondary N) is 1. The molecule has 0 aliphatic heterocycles. The summed E-state index contributed by atoms with van der Waals surface area (Å²) in [5.41, 5.74) is 1.85. The third kappa shape index (κ3) is 3.34. The molecule has 1 aliphatic rings. The highest BCUT2D eigenvalue weighted by molar-refractivity contribution is 5.35. The van der Waals surface area contributed by atoms with Gasteiger partial charge in [-0.25, -0.2) is 4.98 Å². The highest BCUT2D eigenvalue weighted by atomic mass is 16.3. The lowest BCUT2D eigenvalue weighted by Gasteiger charge is -2.25. The maximum atomic E-state index is 10.4. The molecule has 1 heterocycles. The first kappa shape index (κ1) is 14.3. The summed E-state index contributed by atoms with van der Waals surface area (Å²) in [4.78, 5) is 4.06. The van der Waals surface area contributed by atoms with Crippen molar-refractivity contribution in [3.63, 3.8) is 0 Å². The van der Waals surface area contributed by atoms with Crippen molar-refractivity contribution >= 4 is 0 Å². The molecule has 0 bridgehead atoms. The van der Waals surface area contributed by atoms with Crippen LogP contribution in [0.1, 0.15) is 44.2 Å². The third-order valence-corrected chi connectivity index (χ3v) is 4.47. The number of hydrogen-bond donors (Lipinski definition) is 2. The van der Waals surface area contributed by atoms with E-state index in [1.54, 1.807) is 12.5 Å². The van der Waals surface area contributed by atoms with Gasteiger partial charge in [-0.1, -0.05) is 25.0 Å². The Morgan fingerprint density at radius 2 is 2.00 bits per heavy atom. The Kier molecular flexibility index (Phi) is 4.08. The number of imidazole rings is 1. The van der Waals surface area contributed by atoms with Crippen LogP contribution in [0.2, 0.25) is 0 Å². The van der Waals surface area contributed by atoms with Gasteiger partial charge in [0.1, 0.15) is 0 Å². The molecule has 2 aromatic rings. The van der Waals surface area contributed by atoms with E-state index in [-0.39, 0.29) is 6.04 Å². The van der Waals surface area contributed by atoms with Gasteiger partial charge >= 0.3 is 0 Å².